The summed E-state index contributed by atoms with van der Waals surface area (Å²) in [6, 6.07) is 9.16. The first kappa shape index (κ1) is 26.6. The Morgan fingerprint density at radius 3 is 1.77 bits per heavy atom. The highest BCUT2D eigenvalue weighted by Gasteiger charge is 2.30. The number of halogens is 1. The van der Waals surface area contributed by atoms with Gasteiger partial charge in [0.2, 0.25) is 0 Å². The highest BCUT2D eigenvalue weighted by Crippen LogP contribution is 2.38. The van der Waals surface area contributed by atoms with E-state index in [0.717, 1.165) is 0 Å². The molecule has 0 saturated carbocycles. The molecule has 0 aliphatic carbocycles. The number of aliphatic hydroxyl groups excluding tert-OH is 1. The van der Waals surface area contributed by atoms with Crippen LogP contribution in [0.3, 0.4) is 0 Å². The Bertz CT molecular complexity index is 913. The second-order valence-electron chi connectivity index (χ2n) is 7.48. The van der Waals surface area contributed by atoms with Crippen LogP contribution < -0.4 is 9.47 Å². The summed E-state index contributed by atoms with van der Waals surface area (Å²) in [4.78, 5) is 20.5. The number of nitro groups is 2. The molecule has 0 heterocycles. The van der Waals surface area contributed by atoms with Crippen LogP contribution in [0.2, 0.25) is 0 Å². The van der Waals surface area contributed by atoms with Crippen LogP contribution in [0.5, 0.6) is 11.5 Å². The molecule has 0 bridgehead atoms. The van der Waals surface area contributed by atoms with Crippen LogP contribution >= 0.6 is 22.6 Å². The predicted molar refractivity (Wildman–Crippen MR) is 126 cm³/mol. The Hall–Kier alpha value is -2.47. The summed E-state index contributed by atoms with van der Waals surface area (Å²) in [5.74, 6) is 1.19. The van der Waals surface area contributed by atoms with E-state index >= 15 is 0 Å². The molecular weight excluding hydrogens is 519 g/mol. The first-order valence-corrected chi connectivity index (χ1v) is 10.7. The maximum atomic E-state index is 11.0. The molecule has 1 atom stereocenters. The number of nitrogens with zero attached hydrogens (tertiary/aromatic N) is 2. The third-order valence-electron chi connectivity index (χ3n) is 4.05. The van der Waals surface area contributed by atoms with Crippen molar-refractivity contribution in [3.05, 3.63) is 65.8 Å². The van der Waals surface area contributed by atoms with Crippen LogP contribution in [0.1, 0.15) is 46.3 Å². The molecule has 170 valence electrons. The first-order valence-electron chi connectivity index (χ1n) is 9.58. The van der Waals surface area contributed by atoms with Crippen molar-refractivity contribution >= 4 is 34.0 Å². The van der Waals surface area contributed by atoms with E-state index in [1.54, 1.807) is 18.2 Å². The molecule has 10 heteroatoms. The molecule has 1 N–H and O–H groups in total. The van der Waals surface area contributed by atoms with Gasteiger partial charge in [0.05, 0.1) is 38.3 Å². The van der Waals surface area contributed by atoms with Crippen LogP contribution in [0, 0.1) is 29.2 Å². The fourth-order valence-electron chi connectivity index (χ4n) is 2.53. The molecule has 0 aromatic heterocycles. The largest absolute Gasteiger partial charge is 0.494 e. The monoisotopic (exact) mass is 546 g/mol. The normalized spacial score (nSPS) is 11.7. The average Bonchev–Trinajstić information content (AvgIpc) is 2.67. The molecule has 1 unspecified atom stereocenters. The van der Waals surface area contributed by atoms with Gasteiger partial charge in [-0.1, -0.05) is 20.8 Å². The van der Waals surface area contributed by atoms with E-state index in [0.29, 0.717) is 33.8 Å². The van der Waals surface area contributed by atoms with Crippen molar-refractivity contribution in [3.63, 3.8) is 0 Å². The lowest BCUT2D eigenvalue weighted by Gasteiger charge is -2.26. The van der Waals surface area contributed by atoms with E-state index in [-0.39, 0.29) is 11.4 Å². The second-order valence-corrected chi connectivity index (χ2v) is 8.64. The van der Waals surface area contributed by atoms with E-state index in [4.69, 9.17) is 9.47 Å². The van der Waals surface area contributed by atoms with Gasteiger partial charge in [-0.3, -0.25) is 20.2 Å². The Kier molecular flexibility index (Phi) is 10.1. The van der Waals surface area contributed by atoms with E-state index in [1.165, 1.54) is 18.2 Å². The maximum Gasteiger partial charge on any atom is 0.282 e. The van der Waals surface area contributed by atoms with Crippen molar-refractivity contribution in [1.29, 1.82) is 0 Å². The summed E-state index contributed by atoms with van der Waals surface area (Å²) in [7, 11) is 0. The summed E-state index contributed by atoms with van der Waals surface area (Å²) < 4.78 is 11.1. The number of aliphatic hydroxyl groups is 1. The van der Waals surface area contributed by atoms with Crippen molar-refractivity contribution in [2.75, 3.05) is 13.2 Å². The highest BCUT2D eigenvalue weighted by molar-refractivity contribution is 14.1. The number of nitro benzene ring substituents is 2. The lowest BCUT2D eigenvalue weighted by molar-refractivity contribution is -0.386. The molecule has 0 radical (unpaired) electrons. The second kappa shape index (κ2) is 11.8. The minimum atomic E-state index is -0.918. The van der Waals surface area contributed by atoms with E-state index in [9.17, 15) is 25.3 Å². The summed E-state index contributed by atoms with van der Waals surface area (Å²) in [5.41, 5.74) is -0.154. The van der Waals surface area contributed by atoms with Gasteiger partial charge in [-0.25, -0.2) is 0 Å². The van der Waals surface area contributed by atoms with Crippen molar-refractivity contribution in [2.24, 2.45) is 5.41 Å². The van der Waals surface area contributed by atoms with Crippen LogP contribution in [0.15, 0.2) is 36.4 Å². The summed E-state index contributed by atoms with van der Waals surface area (Å²) >= 11 is 1.92. The molecule has 31 heavy (non-hydrogen) atoms. The van der Waals surface area contributed by atoms with Gasteiger partial charge in [-0.15, -0.1) is 0 Å². The van der Waals surface area contributed by atoms with E-state index in [2.05, 4.69) is 0 Å². The van der Waals surface area contributed by atoms with E-state index in [1.807, 2.05) is 57.2 Å². The van der Waals surface area contributed by atoms with Gasteiger partial charge in [0.25, 0.3) is 11.4 Å². The molecule has 2 aromatic carbocycles. The average molecular weight is 546 g/mol. The summed E-state index contributed by atoms with van der Waals surface area (Å²) in [5, 5.41) is 31.6. The molecule has 0 amide bonds. The highest BCUT2D eigenvalue weighted by atomic mass is 127. The Morgan fingerprint density at radius 1 is 0.935 bits per heavy atom. The minimum Gasteiger partial charge on any atom is -0.494 e. The SMILES string of the molecule is CCOc1ccc([N+](=O)[O-])c(C(O)C(C)(C)C)c1.CCOc1ccc([N+](=O)[O-])c(I)c1. The smallest absolute Gasteiger partial charge is 0.282 e. The zero-order chi connectivity index (χ0) is 23.8. The van der Waals surface area contributed by atoms with Crippen LogP contribution in [-0.2, 0) is 0 Å². The van der Waals surface area contributed by atoms with Crippen LogP contribution in [-0.4, -0.2) is 28.2 Å². The van der Waals surface area contributed by atoms with Crippen molar-refractivity contribution in [2.45, 2.75) is 40.7 Å². The maximum absolute atomic E-state index is 11.0. The van der Waals surface area contributed by atoms with Gasteiger partial charge in [0, 0.05) is 18.2 Å². The molecule has 2 aromatic rings. The molecule has 0 spiro atoms. The standard InChI is InChI=1S/C13H19NO4.C8H8INO3/c1-5-18-9-6-7-11(14(16)17)10(8-9)12(15)13(2,3)4;1-2-13-6-3-4-8(10(11)12)7(9)5-6/h6-8,12,15H,5H2,1-4H3;3-5H,2H2,1H3. The molecule has 0 saturated heterocycles. The summed E-state index contributed by atoms with van der Waals surface area (Å²) in [6.07, 6.45) is -0.918. The van der Waals surface area contributed by atoms with Crippen molar-refractivity contribution in [3.8, 4) is 11.5 Å². The number of benzene rings is 2. The van der Waals surface area contributed by atoms with E-state index < -0.39 is 21.4 Å². The van der Waals surface area contributed by atoms with Gasteiger partial charge < -0.3 is 14.6 Å². The molecular formula is C21H27IN2O7. The lowest BCUT2D eigenvalue weighted by atomic mass is 9.84. The topological polar surface area (TPSA) is 125 Å². The van der Waals surface area contributed by atoms with Gasteiger partial charge in [0.1, 0.15) is 11.5 Å². The first-order chi connectivity index (χ1) is 14.4. The molecule has 2 rings (SSSR count). The van der Waals surface area contributed by atoms with Gasteiger partial charge in [0.15, 0.2) is 0 Å². The van der Waals surface area contributed by atoms with Crippen LogP contribution in [0.25, 0.3) is 0 Å². The van der Waals surface area contributed by atoms with Gasteiger partial charge in [-0.05, 0) is 60.1 Å². The van der Waals surface area contributed by atoms with Crippen LogP contribution in [0.4, 0.5) is 11.4 Å². The zero-order valence-electron chi connectivity index (χ0n) is 18.1. The van der Waals surface area contributed by atoms with Gasteiger partial charge >= 0.3 is 0 Å². The number of rotatable bonds is 7. The Balaban J connectivity index is 0.000000327. The Morgan fingerprint density at radius 2 is 1.39 bits per heavy atom. The summed E-state index contributed by atoms with van der Waals surface area (Å²) in [6.45, 7) is 10.2. The molecule has 0 aliphatic heterocycles. The number of ether oxygens (including phenoxy) is 2. The third-order valence-corrected chi connectivity index (χ3v) is 4.91. The molecule has 9 nitrogen and oxygen atoms in total. The quantitative estimate of drug-likeness (QED) is 0.270. The lowest BCUT2D eigenvalue weighted by Crippen LogP contribution is -2.19. The fraction of sp³-hybridized carbons (Fsp3) is 0.429. The molecule has 0 fully saturated rings. The van der Waals surface area contributed by atoms with Gasteiger partial charge in [-0.2, -0.15) is 0 Å². The van der Waals surface area contributed by atoms with Crippen molar-refractivity contribution < 1.29 is 24.4 Å². The van der Waals surface area contributed by atoms with Crippen molar-refractivity contribution in [1.82, 2.24) is 0 Å². The number of hydrogen-bond acceptors (Lipinski definition) is 7. The molecule has 0 aliphatic rings. The predicted octanol–water partition coefficient (Wildman–Crippen LogP) is 5.67. The number of hydrogen-bond donors (Lipinski definition) is 1. The minimum absolute atomic E-state index is 0.0825. The third kappa shape index (κ3) is 7.94. The Labute approximate surface area is 194 Å². The zero-order valence-corrected chi connectivity index (χ0v) is 20.3. The fourth-order valence-corrected chi connectivity index (χ4v) is 3.22.